The molecule has 0 amide bonds. The predicted octanol–water partition coefficient (Wildman–Crippen LogP) is 5.80. The molecule has 1 aromatic rings. The number of unbranched alkanes of at least 4 members (excludes halogenated alkanes) is 7. The zero-order valence-electron chi connectivity index (χ0n) is 15.4. The summed E-state index contributed by atoms with van der Waals surface area (Å²) in [6.45, 7) is 10.6. The molecule has 0 saturated carbocycles. The summed E-state index contributed by atoms with van der Waals surface area (Å²) in [6, 6.07) is 10.2. The number of rotatable bonds is 12. The second-order valence-electron chi connectivity index (χ2n) is 7.15. The van der Waals surface area contributed by atoms with E-state index >= 15 is 0 Å². The van der Waals surface area contributed by atoms with Gasteiger partial charge in [-0.2, -0.15) is 0 Å². The summed E-state index contributed by atoms with van der Waals surface area (Å²) in [4.78, 5) is 12.8. The number of carbonyl (C=O) groups excluding carboxylic acids is 1. The van der Waals surface area contributed by atoms with Crippen LogP contribution in [-0.2, 0) is 4.79 Å². The van der Waals surface area contributed by atoms with Gasteiger partial charge in [0.25, 0.3) is 0 Å². The van der Waals surface area contributed by atoms with Crippen molar-refractivity contribution in [3.05, 3.63) is 42.5 Å². The fraction of sp³-hybridized carbons (Fsp3) is 0.571. The van der Waals surface area contributed by atoms with Crippen molar-refractivity contribution >= 4 is 18.7 Å². The van der Waals surface area contributed by atoms with E-state index in [0.29, 0.717) is 5.41 Å². The van der Waals surface area contributed by atoms with Crippen LogP contribution in [0.5, 0.6) is 0 Å². The molecule has 0 N–H and O–H groups in total. The van der Waals surface area contributed by atoms with E-state index < -0.39 is 8.07 Å². The van der Waals surface area contributed by atoms with Crippen molar-refractivity contribution in [3.63, 3.8) is 0 Å². The van der Waals surface area contributed by atoms with Crippen LogP contribution in [-0.4, -0.2) is 13.5 Å². The van der Waals surface area contributed by atoms with Gasteiger partial charge in [0.2, 0.25) is 0 Å². The lowest BCUT2D eigenvalue weighted by Crippen LogP contribution is -2.50. The Labute approximate surface area is 144 Å². The van der Waals surface area contributed by atoms with Gasteiger partial charge in [0.15, 0.2) is 8.07 Å². The second-order valence-corrected chi connectivity index (χ2v) is 11.4. The van der Waals surface area contributed by atoms with Crippen LogP contribution in [0.15, 0.2) is 42.5 Å². The SMILES string of the molecule is C=C(CCCCCCCCCC)C(=O)[Si](C)(C)c1ccccc1. The van der Waals surface area contributed by atoms with Gasteiger partial charge in [0, 0.05) is 0 Å². The van der Waals surface area contributed by atoms with Crippen LogP contribution >= 0.6 is 0 Å². The van der Waals surface area contributed by atoms with E-state index in [0.717, 1.165) is 18.4 Å². The minimum atomic E-state index is -2.07. The lowest BCUT2D eigenvalue weighted by molar-refractivity contribution is -0.109. The third-order valence-corrected chi connectivity index (χ3v) is 7.98. The minimum absolute atomic E-state index is 0.326. The molecule has 0 radical (unpaired) electrons. The Morgan fingerprint density at radius 1 is 0.913 bits per heavy atom. The maximum absolute atomic E-state index is 12.8. The normalized spacial score (nSPS) is 11.4. The molecular formula is C21H34OSi. The summed E-state index contributed by atoms with van der Waals surface area (Å²) in [7, 11) is -2.07. The van der Waals surface area contributed by atoms with Gasteiger partial charge in [-0.25, -0.2) is 0 Å². The number of carbonyl (C=O) groups is 1. The molecule has 23 heavy (non-hydrogen) atoms. The number of allylic oxidation sites excluding steroid dienone is 1. The first-order chi connectivity index (χ1) is 11.0. The lowest BCUT2D eigenvalue weighted by Gasteiger charge is -2.22. The highest BCUT2D eigenvalue weighted by Crippen LogP contribution is 2.17. The van der Waals surface area contributed by atoms with Gasteiger partial charge in [-0.05, 0) is 18.4 Å². The molecule has 0 saturated heterocycles. The Morgan fingerprint density at radius 3 is 2.00 bits per heavy atom. The van der Waals surface area contributed by atoms with Crippen molar-refractivity contribution in [2.24, 2.45) is 0 Å². The standard InChI is InChI=1S/C21H34OSi/c1-5-6-7-8-9-10-11-13-16-19(2)21(22)23(3,4)20-17-14-12-15-18-20/h12,14-15,17-18H,2,5-11,13,16H2,1,3-4H3. The molecule has 1 rings (SSSR count). The Balaban J connectivity index is 2.30. The van der Waals surface area contributed by atoms with Gasteiger partial charge in [-0.3, -0.25) is 0 Å². The monoisotopic (exact) mass is 330 g/mol. The Morgan fingerprint density at radius 2 is 1.43 bits per heavy atom. The average molecular weight is 331 g/mol. The highest BCUT2D eigenvalue weighted by Gasteiger charge is 2.33. The molecule has 1 nitrogen and oxygen atoms in total. The molecule has 0 aliphatic rings. The Hall–Kier alpha value is -1.15. The van der Waals surface area contributed by atoms with E-state index in [2.05, 4.69) is 38.7 Å². The topological polar surface area (TPSA) is 17.1 Å². The first kappa shape index (κ1) is 19.9. The zero-order chi connectivity index (χ0) is 17.1. The molecule has 1 aromatic carbocycles. The van der Waals surface area contributed by atoms with Crippen molar-refractivity contribution in [1.82, 2.24) is 0 Å². The van der Waals surface area contributed by atoms with Gasteiger partial charge in [0.1, 0.15) is 5.41 Å². The molecule has 0 heterocycles. The number of hydrogen-bond donors (Lipinski definition) is 0. The van der Waals surface area contributed by atoms with Crippen LogP contribution in [0, 0.1) is 0 Å². The Kier molecular flexibility index (Phi) is 9.16. The van der Waals surface area contributed by atoms with E-state index in [1.54, 1.807) is 0 Å². The van der Waals surface area contributed by atoms with Crippen LogP contribution in [0.2, 0.25) is 13.1 Å². The molecular weight excluding hydrogens is 296 g/mol. The average Bonchev–Trinajstić information content (AvgIpc) is 2.57. The van der Waals surface area contributed by atoms with Crippen molar-refractivity contribution in [1.29, 1.82) is 0 Å². The van der Waals surface area contributed by atoms with E-state index in [9.17, 15) is 4.79 Å². The molecule has 0 fully saturated rings. The highest BCUT2D eigenvalue weighted by atomic mass is 28.3. The van der Waals surface area contributed by atoms with Crippen LogP contribution in [0.25, 0.3) is 0 Å². The van der Waals surface area contributed by atoms with Crippen molar-refractivity contribution in [2.45, 2.75) is 77.8 Å². The smallest absolute Gasteiger partial charge is 0.163 e. The van der Waals surface area contributed by atoms with Gasteiger partial charge in [0.05, 0.1) is 0 Å². The van der Waals surface area contributed by atoms with Gasteiger partial charge >= 0.3 is 0 Å². The largest absolute Gasteiger partial charge is 0.300 e. The molecule has 2 heteroatoms. The fourth-order valence-corrected chi connectivity index (χ4v) is 5.31. The van der Waals surface area contributed by atoms with Crippen molar-refractivity contribution in [2.75, 3.05) is 0 Å². The van der Waals surface area contributed by atoms with E-state index in [1.165, 1.54) is 50.1 Å². The molecule has 0 bridgehead atoms. The first-order valence-electron chi connectivity index (χ1n) is 9.28. The summed E-state index contributed by atoms with van der Waals surface area (Å²) in [5.74, 6) is 0. The minimum Gasteiger partial charge on any atom is -0.300 e. The van der Waals surface area contributed by atoms with Crippen LogP contribution in [0.3, 0.4) is 0 Å². The third-order valence-electron chi connectivity index (χ3n) is 4.72. The van der Waals surface area contributed by atoms with E-state index in [4.69, 9.17) is 0 Å². The van der Waals surface area contributed by atoms with Crippen molar-refractivity contribution in [3.8, 4) is 0 Å². The van der Waals surface area contributed by atoms with Gasteiger partial charge in [-0.1, -0.05) is 107 Å². The van der Waals surface area contributed by atoms with E-state index in [-0.39, 0.29) is 0 Å². The molecule has 0 aromatic heterocycles. The van der Waals surface area contributed by atoms with Crippen LogP contribution in [0.1, 0.15) is 64.7 Å². The first-order valence-corrected chi connectivity index (χ1v) is 12.3. The van der Waals surface area contributed by atoms with E-state index in [1.807, 2.05) is 18.2 Å². The molecule has 0 aliphatic carbocycles. The molecule has 0 unspecified atom stereocenters. The molecule has 128 valence electrons. The van der Waals surface area contributed by atoms with Crippen LogP contribution < -0.4 is 5.19 Å². The Bertz CT molecular complexity index is 476. The van der Waals surface area contributed by atoms with Crippen molar-refractivity contribution < 1.29 is 4.79 Å². The van der Waals surface area contributed by atoms with Gasteiger partial charge < -0.3 is 4.79 Å². The number of hydrogen-bond acceptors (Lipinski definition) is 1. The third kappa shape index (κ3) is 6.86. The van der Waals surface area contributed by atoms with Gasteiger partial charge in [-0.15, -0.1) is 0 Å². The summed E-state index contributed by atoms with van der Waals surface area (Å²) in [6.07, 6.45) is 11.3. The summed E-state index contributed by atoms with van der Waals surface area (Å²) in [5, 5.41) is 1.54. The highest BCUT2D eigenvalue weighted by molar-refractivity contribution is 7.14. The summed E-state index contributed by atoms with van der Waals surface area (Å²) >= 11 is 0. The maximum atomic E-state index is 12.8. The van der Waals surface area contributed by atoms with Crippen LogP contribution in [0.4, 0.5) is 0 Å². The second kappa shape index (κ2) is 10.6. The molecule has 0 atom stereocenters. The summed E-state index contributed by atoms with van der Waals surface area (Å²) < 4.78 is 0. The quantitative estimate of drug-likeness (QED) is 0.269. The molecule has 0 aliphatic heterocycles. The zero-order valence-corrected chi connectivity index (χ0v) is 16.4. The summed E-state index contributed by atoms with van der Waals surface area (Å²) in [5.41, 5.74) is 0.844. The maximum Gasteiger partial charge on any atom is 0.163 e. The fourth-order valence-electron chi connectivity index (χ4n) is 3.01. The lowest BCUT2D eigenvalue weighted by atomic mass is 10.1. The molecule has 0 spiro atoms. The predicted molar refractivity (Wildman–Crippen MR) is 105 cm³/mol. The number of benzene rings is 1.